The maximum atomic E-state index is 13.2. The molecular weight excluding hydrogens is 722 g/mol. The smallest absolute Gasteiger partial charge is 0.412 e. The maximum absolute atomic E-state index is 13.2. The minimum Gasteiger partial charge on any atom is -0.506 e. The SMILES string of the molecule is COc1cc(NC(=O)CCc2ccc(-c3ccccc3)c(NC(=O)O[C@]3(C)CC[C@@H](N)CC3)c2)c(Cl)cc1CNC[C@H](O)c1ccc(O)c2[nH]c(=O)ccc12. The molecule has 6 rings (SSSR count). The minimum atomic E-state index is -0.950. The number of ether oxygens (including phenoxy) is 2. The number of phenolic OH excluding ortho intramolecular Hbond substituents is 1. The van der Waals surface area contributed by atoms with Gasteiger partial charge < -0.3 is 41.0 Å². The number of aliphatic hydroxyl groups is 1. The molecule has 1 heterocycles. The molecule has 1 fully saturated rings. The molecule has 4 aromatic carbocycles. The molecule has 2 amide bonds. The number of hydrogen-bond acceptors (Lipinski definition) is 9. The number of halogens is 1. The van der Waals surface area contributed by atoms with E-state index in [-0.39, 0.29) is 48.3 Å². The average molecular weight is 768 g/mol. The molecule has 1 aliphatic carbocycles. The summed E-state index contributed by atoms with van der Waals surface area (Å²) in [5.41, 5.74) is 10.2. The second kappa shape index (κ2) is 17.4. The number of fused-ring (bicyclic) bond motifs is 1. The van der Waals surface area contributed by atoms with Gasteiger partial charge in [0.05, 0.1) is 35.1 Å². The second-order valence-corrected chi connectivity index (χ2v) is 14.6. The van der Waals surface area contributed by atoms with E-state index in [4.69, 9.17) is 26.8 Å². The Morgan fingerprint density at radius 3 is 2.51 bits per heavy atom. The van der Waals surface area contributed by atoms with Crippen molar-refractivity contribution in [1.29, 1.82) is 0 Å². The number of pyridine rings is 1. The molecule has 0 bridgehead atoms. The highest BCUT2D eigenvalue weighted by molar-refractivity contribution is 6.33. The lowest BCUT2D eigenvalue weighted by Crippen LogP contribution is -2.41. The van der Waals surface area contributed by atoms with E-state index in [1.54, 1.807) is 24.3 Å². The first-order chi connectivity index (χ1) is 26.4. The zero-order chi connectivity index (χ0) is 39.1. The third-order valence-electron chi connectivity index (χ3n) is 10.0. The molecule has 0 aliphatic heterocycles. The van der Waals surface area contributed by atoms with Crippen molar-refractivity contribution >= 4 is 45.9 Å². The van der Waals surface area contributed by atoms with Gasteiger partial charge in [-0.15, -0.1) is 0 Å². The Morgan fingerprint density at radius 1 is 1.00 bits per heavy atom. The van der Waals surface area contributed by atoms with Crippen molar-refractivity contribution in [3.63, 3.8) is 0 Å². The van der Waals surface area contributed by atoms with Crippen molar-refractivity contribution in [1.82, 2.24) is 10.3 Å². The fourth-order valence-corrected chi connectivity index (χ4v) is 7.16. The first-order valence-electron chi connectivity index (χ1n) is 18.3. The lowest BCUT2D eigenvalue weighted by molar-refractivity contribution is -0.116. The van der Waals surface area contributed by atoms with Crippen molar-refractivity contribution in [3.05, 3.63) is 117 Å². The highest BCUT2D eigenvalue weighted by atomic mass is 35.5. The third kappa shape index (κ3) is 9.83. The predicted molar refractivity (Wildman–Crippen MR) is 215 cm³/mol. The predicted octanol–water partition coefficient (Wildman–Crippen LogP) is 7.17. The Morgan fingerprint density at radius 2 is 1.76 bits per heavy atom. The van der Waals surface area contributed by atoms with E-state index >= 15 is 0 Å². The van der Waals surface area contributed by atoms with Gasteiger partial charge in [-0.3, -0.25) is 14.9 Å². The summed E-state index contributed by atoms with van der Waals surface area (Å²) < 4.78 is 11.5. The number of benzene rings is 4. The maximum Gasteiger partial charge on any atom is 0.412 e. The Bertz CT molecular complexity index is 2220. The van der Waals surface area contributed by atoms with Crippen LogP contribution >= 0.6 is 11.6 Å². The molecular formula is C42H46ClN5O7. The van der Waals surface area contributed by atoms with Crippen molar-refractivity contribution in [2.75, 3.05) is 24.3 Å². The van der Waals surface area contributed by atoms with E-state index in [0.717, 1.165) is 29.5 Å². The van der Waals surface area contributed by atoms with Crippen molar-refractivity contribution in [2.45, 2.75) is 69.7 Å². The van der Waals surface area contributed by atoms with E-state index in [1.807, 2.05) is 55.5 Å². The summed E-state index contributed by atoms with van der Waals surface area (Å²) in [4.78, 5) is 40.7. The summed E-state index contributed by atoms with van der Waals surface area (Å²) >= 11 is 6.62. The number of nitrogens with two attached hydrogens (primary N) is 1. The van der Waals surface area contributed by atoms with Crippen molar-refractivity contribution in [2.24, 2.45) is 5.73 Å². The van der Waals surface area contributed by atoms with E-state index in [9.17, 15) is 24.6 Å². The number of H-pyrrole nitrogens is 1. The zero-order valence-electron chi connectivity index (χ0n) is 30.8. The molecule has 5 aromatic rings. The third-order valence-corrected chi connectivity index (χ3v) is 10.3. The first-order valence-corrected chi connectivity index (χ1v) is 18.6. The number of methoxy groups -OCH3 is 1. The van der Waals surface area contributed by atoms with Crippen LogP contribution < -0.4 is 32.0 Å². The largest absolute Gasteiger partial charge is 0.506 e. The summed E-state index contributed by atoms with van der Waals surface area (Å²) in [5.74, 6) is 0.139. The van der Waals surface area contributed by atoms with Crippen LogP contribution in [0.1, 0.15) is 61.8 Å². The van der Waals surface area contributed by atoms with Gasteiger partial charge in [0.15, 0.2) is 0 Å². The molecule has 1 saturated carbocycles. The van der Waals surface area contributed by atoms with Crippen LogP contribution in [0.4, 0.5) is 16.2 Å². The number of aromatic nitrogens is 1. The van der Waals surface area contributed by atoms with Gasteiger partial charge in [-0.25, -0.2) is 4.79 Å². The number of aliphatic hydroxyl groups excluding tert-OH is 1. The fourth-order valence-electron chi connectivity index (χ4n) is 6.92. The number of aromatic hydroxyl groups is 1. The number of carbonyl (C=O) groups excluding carboxylic acids is 2. The number of hydrogen-bond donors (Lipinski definition) is 7. The number of aryl methyl sites for hydroxylation is 1. The van der Waals surface area contributed by atoms with Gasteiger partial charge in [0, 0.05) is 54.2 Å². The van der Waals surface area contributed by atoms with Gasteiger partial charge in [-0.2, -0.15) is 0 Å². The lowest BCUT2D eigenvalue weighted by Gasteiger charge is -2.35. The summed E-state index contributed by atoms with van der Waals surface area (Å²) in [5, 5.41) is 31.0. The van der Waals surface area contributed by atoms with Gasteiger partial charge >= 0.3 is 6.09 Å². The molecule has 0 spiro atoms. The minimum absolute atomic E-state index is 0.0862. The van der Waals surface area contributed by atoms with Gasteiger partial charge in [0.2, 0.25) is 11.5 Å². The van der Waals surface area contributed by atoms with Crippen LogP contribution in [0.3, 0.4) is 0 Å². The van der Waals surface area contributed by atoms with Crippen molar-refractivity contribution < 1.29 is 29.3 Å². The topological polar surface area (TPSA) is 188 Å². The average Bonchev–Trinajstić information content (AvgIpc) is 3.17. The van der Waals surface area contributed by atoms with Gasteiger partial charge in [-0.05, 0) is 80.0 Å². The molecule has 1 aliphatic rings. The van der Waals surface area contributed by atoms with Crippen LogP contribution in [0.5, 0.6) is 11.5 Å². The molecule has 1 aromatic heterocycles. The Hall–Kier alpha value is -5.40. The van der Waals surface area contributed by atoms with Gasteiger partial charge in [0.25, 0.3) is 0 Å². The number of nitrogens with one attached hydrogen (secondary N) is 4. The molecule has 0 saturated heterocycles. The molecule has 0 radical (unpaired) electrons. The monoisotopic (exact) mass is 767 g/mol. The number of carbonyl (C=O) groups is 2. The Labute approximate surface area is 324 Å². The normalized spacial score (nSPS) is 17.4. The number of anilines is 2. The van der Waals surface area contributed by atoms with Crippen LogP contribution in [-0.2, 0) is 22.5 Å². The van der Waals surface area contributed by atoms with Crippen molar-refractivity contribution in [3.8, 4) is 22.6 Å². The van der Waals surface area contributed by atoms with Gasteiger partial charge in [0.1, 0.15) is 17.1 Å². The standard InChI is InChI=1S/C42H46ClN5O7/c1-42(18-16-28(44)17-19-42)55-41(53)47-33-20-25(8-10-29(33)26-6-4-3-5-7-26)9-14-38(51)46-34-22-37(54-2)27(21-32(34)43)23-45-24-36(50)30-11-13-35(49)40-31(30)12-15-39(52)48-40/h3-8,10-13,15,20-22,28,36,45,49-50H,9,14,16-19,23-24,44H2,1-2H3,(H,46,51)(H,47,53)(H,48,52)/t28-,36-,42-/m0/s1. The fraction of sp³-hybridized carbons (Fsp3) is 0.310. The molecule has 55 heavy (non-hydrogen) atoms. The second-order valence-electron chi connectivity index (χ2n) is 14.2. The molecule has 8 N–H and O–H groups in total. The van der Waals surface area contributed by atoms with E-state index in [2.05, 4.69) is 20.9 Å². The number of aromatic amines is 1. The Kier molecular flexibility index (Phi) is 12.4. The molecule has 1 atom stereocenters. The first kappa shape index (κ1) is 39.3. The summed E-state index contributed by atoms with van der Waals surface area (Å²) in [6.07, 6.45) is 2.06. The van der Waals surface area contributed by atoms with E-state index < -0.39 is 17.8 Å². The number of rotatable bonds is 13. The van der Waals surface area contributed by atoms with Gasteiger partial charge in [-0.1, -0.05) is 60.1 Å². The van der Waals surface area contributed by atoms with Crippen LogP contribution in [0.25, 0.3) is 22.0 Å². The summed E-state index contributed by atoms with van der Waals surface area (Å²) in [6, 6.07) is 24.9. The molecule has 0 unspecified atom stereocenters. The van der Waals surface area contributed by atoms with Crippen LogP contribution in [0.2, 0.25) is 5.02 Å². The van der Waals surface area contributed by atoms with Crippen LogP contribution in [0, 0.1) is 0 Å². The highest BCUT2D eigenvalue weighted by Crippen LogP contribution is 2.35. The summed E-state index contributed by atoms with van der Waals surface area (Å²) in [6.45, 7) is 2.38. The number of phenols is 1. The zero-order valence-corrected chi connectivity index (χ0v) is 31.5. The molecule has 288 valence electrons. The van der Waals surface area contributed by atoms with E-state index in [1.165, 1.54) is 19.2 Å². The molecule has 12 nitrogen and oxygen atoms in total. The van der Waals surface area contributed by atoms with E-state index in [0.29, 0.717) is 57.9 Å². The Balaban J connectivity index is 1.08. The summed E-state index contributed by atoms with van der Waals surface area (Å²) in [7, 11) is 1.52. The molecule has 13 heteroatoms. The number of amides is 2. The van der Waals surface area contributed by atoms with Crippen LogP contribution in [-0.4, -0.2) is 52.5 Å². The lowest BCUT2D eigenvalue weighted by atomic mass is 9.84. The quantitative estimate of drug-likeness (QED) is 0.0652. The van der Waals surface area contributed by atoms with Crippen LogP contribution in [0.15, 0.2) is 89.7 Å². The highest BCUT2D eigenvalue weighted by Gasteiger charge is 2.33.